The van der Waals surface area contributed by atoms with E-state index < -0.39 is 44.4 Å². The van der Waals surface area contributed by atoms with E-state index in [0.717, 1.165) is 10.5 Å². The Bertz CT molecular complexity index is 603. The highest BCUT2D eigenvalue weighted by molar-refractivity contribution is 5.68. The van der Waals surface area contributed by atoms with Crippen molar-refractivity contribution in [3.63, 3.8) is 0 Å². The van der Waals surface area contributed by atoms with Crippen molar-refractivity contribution in [3.8, 4) is 0 Å². The number of aliphatic hydroxyl groups is 1. The zero-order chi connectivity index (χ0) is 19.6. The molecule has 1 aliphatic heterocycles. The number of hydrogen-bond donors (Lipinski definition) is 1. The van der Waals surface area contributed by atoms with Gasteiger partial charge in [-0.05, 0) is 23.8 Å². The molecule has 1 fully saturated rings. The Balaban J connectivity index is 2.22. The molecule has 1 atom stereocenters. The van der Waals surface area contributed by atoms with Crippen LogP contribution in [0, 0.1) is 5.41 Å². The highest BCUT2D eigenvalue weighted by Gasteiger charge is 2.36. The Morgan fingerprint density at radius 1 is 1.50 bits per heavy atom. The quantitative estimate of drug-likeness (QED) is 0.928. The molecule has 1 aromatic rings. The average Bonchev–Trinajstić information content (AvgIpc) is 2.58. The number of rotatable bonds is 3. The highest BCUT2D eigenvalue weighted by atomic mass is 16.6. The number of ether oxygens (including phenoxy) is 1. The number of piperidine rings is 1. The van der Waals surface area contributed by atoms with E-state index in [9.17, 15) is 9.90 Å². The van der Waals surface area contributed by atoms with Gasteiger partial charge in [0.05, 0.1) is 12.6 Å². The Hall–Kier alpha value is -1.55. The van der Waals surface area contributed by atoms with E-state index in [1.165, 1.54) is 0 Å². The van der Waals surface area contributed by atoms with E-state index >= 15 is 0 Å². The Kier molecular flexibility index (Phi) is 2.72. The first-order chi connectivity index (χ1) is 12.0. The molecule has 20 heavy (non-hydrogen) atoms. The van der Waals surface area contributed by atoms with Crippen molar-refractivity contribution in [2.45, 2.75) is 39.2 Å². The maximum absolute atomic E-state index is 12.5. The van der Waals surface area contributed by atoms with Crippen LogP contribution in [0.15, 0.2) is 30.3 Å². The van der Waals surface area contributed by atoms with Crippen molar-refractivity contribution < 1.29 is 22.9 Å². The molecular weight excluding hydrogens is 254 g/mol. The van der Waals surface area contributed by atoms with Gasteiger partial charge in [0.1, 0.15) is 6.61 Å². The summed E-state index contributed by atoms with van der Waals surface area (Å²) in [6.45, 7) is -6.49. The lowest BCUT2D eigenvalue weighted by Gasteiger charge is -2.42. The van der Waals surface area contributed by atoms with Crippen molar-refractivity contribution in [2.24, 2.45) is 5.41 Å². The van der Waals surface area contributed by atoms with Crippen molar-refractivity contribution in [1.29, 1.82) is 0 Å². The van der Waals surface area contributed by atoms with Gasteiger partial charge < -0.3 is 14.7 Å². The molecule has 0 aliphatic carbocycles. The van der Waals surface area contributed by atoms with Crippen LogP contribution in [0.2, 0.25) is 0 Å². The lowest BCUT2D eigenvalue weighted by molar-refractivity contribution is 0.0166. The summed E-state index contributed by atoms with van der Waals surface area (Å²) in [5, 5.41) is 9.54. The second-order valence-corrected chi connectivity index (χ2v) is 5.13. The van der Waals surface area contributed by atoms with Crippen LogP contribution in [0.5, 0.6) is 0 Å². The third kappa shape index (κ3) is 3.73. The van der Waals surface area contributed by atoms with Gasteiger partial charge in [-0.25, -0.2) is 4.79 Å². The van der Waals surface area contributed by atoms with E-state index in [4.69, 9.17) is 13.0 Å². The average molecular weight is 283 g/mol. The molecule has 1 unspecified atom stereocenters. The molecule has 1 aromatic carbocycles. The minimum Gasteiger partial charge on any atom is -0.445 e. The summed E-state index contributed by atoms with van der Waals surface area (Å²) < 4.78 is 51.7. The molecule has 4 nitrogen and oxygen atoms in total. The normalized spacial score (nSPS) is 27.2. The standard InChI is InChI=1S/C16H23NO3/c1-16(2)9-8-14(10-18)17(12-16)15(19)20-11-13-6-4-3-5-7-13/h3-7,14,18H,8-12H2,1-2H3/i1D3,2D3. The molecule has 2 rings (SSSR count). The van der Waals surface area contributed by atoms with E-state index in [-0.39, 0.29) is 19.4 Å². The molecule has 0 bridgehead atoms. The lowest BCUT2D eigenvalue weighted by atomic mass is 9.81. The number of amides is 1. The summed E-state index contributed by atoms with van der Waals surface area (Å²) in [4.78, 5) is 13.6. The number of likely N-dealkylation sites (tertiary alicyclic amines) is 1. The fraction of sp³-hybridized carbons (Fsp3) is 0.562. The molecule has 0 spiro atoms. The van der Waals surface area contributed by atoms with Gasteiger partial charge in [-0.15, -0.1) is 0 Å². The summed E-state index contributed by atoms with van der Waals surface area (Å²) in [5.41, 5.74) is -1.30. The monoisotopic (exact) mass is 283 g/mol. The minimum atomic E-state index is -2.78. The van der Waals surface area contributed by atoms with Gasteiger partial charge in [-0.3, -0.25) is 0 Å². The van der Waals surface area contributed by atoms with Gasteiger partial charge >= 0.3 is 6.09 Å². The van der Waals surface area contributed by atoms with Crippen LogP contribution in [0.1, 0.15) is 40.3 Å². The molecule has 1 aliphatic rings. The number of nitrogens with zero attached hydrogens (tertiary/aromatic N) is 1. The van der Waals surface area contributed by atoms with Crippen molar-refractivity contribution in [2.75, 3.05) is 13.2 Å². The molecule has 0 aromatic heterocycles. The fourth-order valence-corrected chi connectivity index (χ4v) is 2.27. The third-order valence-electron chi connectivity index (χ3n) is 3.44. The van der Waals surface area contributed by atoms with Gasteiger partial charge in [0, 0.05) is 14.8 Å². The first kappa shape index (κ1) is 8.67. The number of aliphatic hydroxyl groups excluding tert-OH is 1. The summed E-state index contributed by atoms with van der Waals surface area (Å²) in [6, 6.07) is 8.25. The van der Waals surface area contributed by atoms with Crippen LogP contribution in [0.25, 0.3) is 0 Å². The maximum atomic E-state index is 12.5. The topological polar surface area (TPSA) is 49.8 Å². The Morgan fingerprint density at radius 2 is 2.25 bits per heavy atom. The molecule has 0 radical (unpaired) electrons. The van der Waals surface area contributed by atoms with Gasteiger partial charge in [-0.2, -0.15) is 0 Å². The molecule has 0 saturated carbocycles. The largest absolute Gasteiger partial charge is 0.445 e. The Labute approximate surface area is 128 Å². The van der Waals surface area contributed by atoms with Crippen LogP contribution < -0.4 is 0 Å². The predicted molar refractivity (Wildman–Crippen MR) is 77.2 cm³/mol. The van der Waals surface area contributed by atoms with Crippen molar-refractivity contribution >= 4 is 6.09 Å². The number of carbonyl (C=O) groups is 1. The van der Waals surface area contributed by atoms with E-state index in [1.807, 2.05) is 6.07 Å². The first-order valence-electron chi connectivity index (χ1n) is 9.60. The summed E-state index contributed by atoms with van der Waals surface area (Å²) >= 11 is 0. The minimum absolute atomic E-state index is 0.0249. The van der Waals surface area contributed by atoms with Gasteiger partial charge in [0.15, 0.2) is 0 Å². The highest BCUT2D eigenvalue weighted by Crippen LogP contribution is 2.32. The Morgan fingerprint density at radius 3 is 2.90 bits per heavy atom. The predicted octanol–water partition coefficient (Wildman–Crippen LogP) is 2.81. The van der Waals surface area contributed by atoms with Gasteiger partial charge in [-0.1, -0.05) is 44.0 Å². The fourth-order valence-electron chi connectivity index (χ4n) is 2.27. The molecular formula is C16H23NO3. The van der Waals surface area contributed by atoms with Crippen LogP contribution in [-0.2, 0) is 11.3 Å². The van der Waals surface area contributed by atoms with Crippen LogP contribution >= 0.6 is 0 Å². The van der Waals surface area contributed by atoms with Gasteiger partial charge in [0.2, 0.25) is 0 Å². The summed E-state index contributed by atoms with van der Waals surface area (Å²) in [5.74, 6) is 0. The molecule has 1 saturated heterocycles. The second kappa shape index (κ2) is 6.27. The van der Waals surface area contributed by atoms with E-state index in [1.54, 1.807) is 24.3 Å². The zero-order valence-corrected chi connectivity index (χ0v) is 11.2. The SMILES string of the molecule is [2H]C([2H])([2H])C1(C([2H])([2H])[2H])CCC(CO)N(C(=O)OCc2ccccc2)C1. The number of carbonyl (C=O) groups excluding carboxylic acids is 1. The number of benzene rings is 1. The smallest absolute Gasteiger partial charge is 0.410 e. The summed E-state index contributed by atoms with van der Waals surface area (Å²) in [7, 11) is 0. The maximum Gasteiger partial charge on any atom is 0.410 e. The van der Waals surface area contributed by atoms with Gasteiger partial charge in [0.25, 0.3) is 0 Å². The molecule has 1 N–H and O–H groups in total. The van der Waals surface area contributed by atoms with Crippen molar-refractivity contribution in [3.05, 3.63) is 35.9 Å². The van der Waals surface area contributed by atoms with Crippen LogP contribution in [0.4, 0.5) is 4.79 Å². The van der Waals surface area contributed by atoms with E-state index in [0.29, 0.717) is 0 Å². The summed E-state index contributed by atoms with van der Waals surface area (Å²) in [6.07, 6.45) is -0.882. The van der Waals surface area contributed by atoms with Crippen LogP contribution in [0.3, 0.4) is 0 Å². The number of hydrogen-bond acceptors (Lipinski definition) is 3. The van der Waals surface area contributed by atoms with E-state index in [2.05, 4.69) is 0 Å². The second-order valence-electron chi connectivity index (χ2n) is 5.13. The molecule has 110 valence electrons. The lowest BCUT2D eigenvalue weighted by Crippen LogP contribution is -2.51. The van der Waals surface area contributed by atoms with Crippen LogP contribution in [-0.4, -0.2) is 35.3 Å². The first-order valence-corrected chi connectivity index (χ1v) is 6.60. The molecule has 4 heteroatoms. The third-order valence-corrected chi connectivity index (χ3v) is 3.44. The molecule has 1 heterocycles. The zero-order valence-electron chi connectivity index (χ0n) is 17.2. The molecule has 1 amide bonds. The van der Waals surface area contributed by atoms with Crippen molar-refractivity contribution in [1.82, 2.24) is 4.90 Å².